The molecule has 0 fully saturated rings. The second kappa shape index (κ2) is 5.53. The fraction of sp³-hybridized carbons (Fsp3) is 0.300. The molecule has 0 aliphatic rings. The van der Waals surface area contributed by atoms with Crippen molar-refractivity contribution in [3.8, 4) is 0 Å². The van der Waals surface area contributed by atoms with Gasteiger partial charge in [-0.2, -0.15) is 0 Å². The molecule has 0 heterocycles. The van der Waals surface area contributed by atoms with E-state index >= 15 is 0 Å². The van der Waals surface area contributed by atoms with E-state index in [2.05, 4.69) is 10.9 Å². The number of carbonyl (C=O) groups is 1. The summed E-state index contributed by atoms with van der Waals surface area (Å²) in [4.78, 5) is 11.2. The zero-order valence-corrected chi connectivity index (χ0v) is 8.76. The van der Waals surface area contributed by atoms with E-state index in [1.165, 1.54) is 7.05 Å². The zero-order valence-electron chi connectivity index (χ0n) is 8.76. The Morgan fingerprint density at radius 2 is 2.19 bits per heavy atom. The SMILES string of the molecule is CNNC(=O)C(N)Cc1cc(F)ccc1F. The topological polar surface area (TPSA) is 67.1 Å². The molecular weight excluding hydrogens is 216 g/mol. The largest absolute Gasteiger partial charge is 0.320 e. The second-order valence-electron chi connectivity index (χ2n) is 3.29. The summed E-state index contributed by atoms with van der Waals surface area (Å²) in [6, 6.07) is 2.12. The van der Waals surface area contributed by atoms with Gasteiger partial charge in [-0.25, -0.2) is 14.2 Å². The van der Waals surface area contributed by atoms with Gasteiger partial charge in [-0.1, -0.05) is 0 Å². The van der Waals surface area contributed by atoms with Crippen molar-refractivity contribution in [2.45, 2.75) is 12.5 Å². The molecule has 0 aliphatic heterocycles. The number of hydrogen-bond acceptors (Lipinski definition) is 3. The first-order chi connectivity index (χ1) is 7.54. The molecule has 1 amide bonds. The van der Waals surface area contributed by atoms with Crippen LogP contribution < -0.4 is 16.6 Å². The molecule has 0 radical (unpaired) electrons. The fourth-order valence-corrected chi connectivity index (χ4v) is 1.25. The highest BCUT2D eigenvalue weighted by Gasteiger charge is 2.15. The van der Waals surface area contributed by atoms with E-state index in [0.717, 1.165) is 18.2 Å². The van der Waals surface area contributed by atoms with Gasteiger partial charge in [-0.05, 0) is 30.2 Å². The minimum Gasteiger partial charge on any atom is -0.320 e. The van der Waals surface area contributed by atoms with Crippen LogP contribution in [-0.2, 0) is 11.2 Å². The molecule has 16 heavy (non-hydrogen) atoms. The number of amides is 1. The fourth-order valence-electron chi connectivity index (χ4n) is 1.25. The van der Waals surface area contributed by atoms with Gasteiger partial charge < -0.3 is 5.73 Å². The molecular formula is C10H13F2N3O. The summed E-state index contributed by atoms with van der Waals surface area (Å²) < 4.78 is 26.0. The third kappa shape index (κ3) is 3.25. The summed E-state index contributed by atoms with van der Waals surface area (Å²) in [5.74, 6) is -1.61. The first-order valence-corrected chi connectivity index (χ1v) is 4.70. The summed E-state index contributed by atoms with van der Waals surface area (Å²) in [6.45, 7) is 0. The Kier molecular flexibility index (Phi) is 4.33. The Bertz CT molecular complexity index is 384. The highest BCUT2D eigenvalue weighted by Crippen LogP contribution is 2.11. The van der Waals surface area contributed by atoms with Crippen molar-refractivity contribution in [3.63, 3.8) is 0 Å². The van der Waals surface area contributed by atoms with Crippen molar-refractivity contribution < 1.29 is 13.6 Å². The maximum absolute atomic E-state index is 13.2. The Hall–Kier alpha value is -1.53. The van der Waals surface area contributed by atoms with Crippen molar-refractivity contribution in [1.29, 1.82) is 0 Å². The summed E-state index contributed by atoms with van der Waals surface area (Å²) in [6.07, 6.45) is -0.0584. The van der Waals surface area contributed by atoms with E-state index in [1.54, 1.807) is 0 Å². The number of hydrazine groups is 1. The number of carbonyl (C=O) groups excluding carboxylic acids is 1. The smallest absolute Gasteiger partial charge is 0.251 e. The second-order valence-corrected chi connectivity index (χ2v) is 3.29. The monoisotopic (exact) mass is 229 g/mol. The molecule has 4 nitrogen and oxygen atoms in total. The lowest BCUT2D eigenvalue weighted by atomic mass is 10.1. The van der Waals surface area contributed by atoms with Crippen LogP contribution in [0.5, 0.6) is 0 Å². The summed E-state index contributed by atoms with van der Waals surface area (Å²) in [5, 5.41) is 0. The number of nitrogens with two attached hydrogens (primary N) is 1. The minimum atomic E-state index is -0.927. The maximum Gasteiger partial charge on any atom is 0.251 e. The third-order valence-electron chi connectivity index (χ3n) is 2.03. The summed E-state index contributed by atoms with van der Waals surface area (Å²) in [7, 11) is 1.51. The molecule has 0 saturated heterocycles. The Morgan fingerprint density at radius 1 is 1.50 bits per heavy atom. The van der Waals surface area contributed by atoms with Gasteiger partial charge in [0.25, 0.3) is 5.91 Å². The van der Waals surface area contributed by atoms with Crippen LogP contribution in [-0.4, -0.2) is 19.0 Å². The van der Waals surface area contributed by atoms with Crippen LogP contribution in [0.3, 0.4) is 0 Å². The van der Waals surface area contributed by atoms with Gasteiger partial charge in [0.05, 0.1) is 6.04 Å². The van der Waals surface area contributed by atoms with Crippen LogP contribution in [0.2, 0.25) is 0 Å². The predicted molar refractivity (Wildman–Crippen MR) is 55.2 cm³/mol. The van der Waals surface area contributed by atoms with Crippen LogP contribution in [0, 0.1) is 11.6 Å². The average molecular weight is 229 g/mol. The van der Waals surface area contributed by atoms with E-state index in [0.29, 0.717) is 0 Å². The van der Waals surface area contributed by atoms with Crippen molar-refractivity contribution in [3.05, 3.63) is 35.4 Å². The number of nitrogens with one attached hydrogen (secondary N) is 2. The Morgan fingerprint density at radius 3 is 2.81 bits per heavy atom. The van der Waals surface area contributed by atoms with Crippen molar-refractivity contribution in [2.75, 3.05) is 7.05 Å². The van der Waals surface area contributed by atoms with E-state index in [1.807, 2.05) is 0 Å². The number of hydrogen-bond donors (Lipinski definition) is 3. The van der Waals surface area contributed by atoms with Gasteiger partial charge >= 0.3 is 0 Å². The highest BCUT2D eigenvalue weighted by atomic mass is 19.1. The molecule has 0 saturated carbocycles. The van der Waals surface area contributed by atoms with Gasteiger partial charge in [-0.3, -0.25) is 10.2 Å². The summed E-state index contributed by atoms with van der Waals surface area (Å²) >= 11 is 0. The first kappa shape index (κ1) is 12.5. The quantitative estimate of drug-likeness (QED) is 0.641. The average Bonchev–Trinajstić information content (AvgIpc) is 2.23. The third-order valence-corrected chi connectivity index (χ3v) is 2.03. The van der Waals surface area contributed by atoms with Gasteiger partial charge in [0, 0.05) is 7.05 Å². The number of rotatable bonds is 4. The predicted octanol–water partition coefficient (Wildman–Crippen LogP) is 0.0852. The summed E-state index contributed by atoms with van der Waals surface area (Å²) in [5.41, 5.74) is 10.3. The molecule has 0 aromatic heterocycles. The number of halogens is 2. The minimum absolute atomic E-state index is 0.0584. The van der Waals surface area contributed by atoms with E-state index in [9.17, 15) is 13.6 Å². The van der Waals surface area contributed by atoms with Gasteiger partial charge in [0.1, 0.15) is 11.6 Å². The lowest BCUT2D eigenvalue weighted by molar-refractivity contribution is -0.123. The molecule has 0 aliphatic carbocycles. The molecule has 4 N–H and O–H groups in total. The van der Waals surface area contributed by atoms with Crippen LogP contribution in [0.15, 0.2) is 18.2 Å². The Labute approximate surface area is 91.8 Å². The molecule has 1 aromatic carbocycles. The molecule has 0 spiro atoms. The van der Waals surface area contributed by atoms with Gasteiger partial charge in [-0.15, -0.1) is 0 Å². The molecule has 88 valence electrons. The zero-order chi connectivity index (χ0) is 12.1. The van der Waals surface area contributed by atoms with Crippen LogP contribution in [0.25, 0.3) is 0 Å². The van der Waals surface area contributed by atoms with Crippen molar-refractivity contribution >= 4 is 5.91 Å². The molecule has 6 heteroatoms. The lowest BCUT2D eigenvalue weighted by Crippen LogP contribution is -2.46. The normalized spacial score (nSPS) is 12.2. The van der Waals surface area contributed by atoms with E-state index < -0.39 is 23.6 Å². The van der Waals surface area contributed by atoms with Crippen LogP contribution in [0.1, 0.15) is 5.56 Å². The molecule has 1 rings (SSSR count). The van der Waals surface area contributed by atoms with Crippen LogP contribution >= 0.6 is 0 Å². The van der Waals surface area contributed by atoms with Crippen molar-refractivity contribution in [1.82, 2.24) is 10.9 Å². The van der Waals surface area contributed by atoms with Crippen LogP contribution in [0.4, 0.5) is 8.78 Å². The first-order valence-electron chi connectivity index (χ1n) is 4.70. The number of benzene rings is 1. The molecule has 1 unspecified atom stereocenters. The maximum atomic E-state index is 13.2. The molecule has 1 aromatic rings. The Balaban J connectivity index is 2.72. The van der Waals surface area contributed by atoms with E-state index in [-0.39, 0.29) is 12.0 Å². The van der Waals surface area contributed by atoms with Gasteiger partial charge in [0.2, 0.25) is 0 Å². The lowest BCUT2D eigenvalue weighted by Gasteiger charge is -2.11. The van der Waals surface area contributed by atoms with E-state index in [4.69, 9.17) is 5.73 Å². The highest BCUT2D eigenvalue weighted by molar-refractivity contribution is 5.81. The van der Waals surface area contributed by atoms with Gasteiger partial charge in [0.15, 0.2) is 0 Å². The molecule has 1 atom stereocenters. The molecule has 0 bridgehead atoms. The standard InChI is InChI=1S/C10H13F2N3O/c1-14-15-10(16)9(13)5-6-4-7(11)2-3-8(6)12/h2-4,9,14H,5,13H2,1H3,(H,15,16). The van der Waals surface area contributed by atoms with Crippen molar-refractivity contribution in [2.24, 2.45) is 5.73 Å².